The lowest BCUT2D eigenvalue weighted by molar-refractivity contribution is -0.402. The zero-order valence-corrected chi connectivity index (χ0v) is 16.2. The van der Waals surface area contributed by atoms with Gasteiger partial charge in [-0.1, -0.05) is 11.3 Å². The fourth-order valence-corrected chi connectivity index (χ4v) is 4.03. The number of sulfonamides is 1. The van der Waals surface area contributed by atoms with Gasteiger partial charge >= 0.3 is 17.8 Å². The number of methoxy groups -OCH3 is 1. The topological polar surface area (TPSA) is 177 Å². The fraction of sp³-hybridized carbons (Fsp3) is 0.133. The number of carbonyl (C=O) groups is 2. The molecule has 0 radical (unpaired) electrons. The summed E-state index contributed by atoms with van der Waals surface area (Å²) in [5, 5.41) is 15.8. The molecule has 0 aliphatic carbocycles. The Hall–Kier alpha value is -3.36. The molecule has 2 N–H and O–H groups in total. The van der Waals surface area contributed by atoms with Crippen molar-refractivity contribution in [3.63, 3.8) is 0 Å². The van der Waals surface area contributed by atoms with Crippen LogP contribution in [0.5, 0.6) is 0 Å². The predicted octanol–water partition coefficient (Wildman–Crippen LogP) is 0.765. The minimum atomic E-state index is -3.97. The van der Waals surface area contributed by atoms with E-state index in [1.807, 2.05) is 0 Å². The van der Waals surface area contributed by atoms with Crippen LogP contribution in [0.3, 0.4) is 0 Å². The van der Waals surface area contributed by atoms with Crippen molar-refractivity contribution in [3.05, 3.63) is 51.0 Å². The second kappa shape index (κ2) is 7.57. The number of nitro groups is 1. The molecule has 0 saturated heterocycles. The quantitative estimate of drug-likeness (QED) is 0.343. The lowest BCUT2D eigenvalue weighted by Gasteiger charge is -2.04. The van der Waals surface area contributed by atoms with Crippen LogP contribution in [0.1, 0.15) is 10.6 Å². The van der Waals surface area contributed by atoms with E-state index in [9.17, 15) is 28.1 Å². The Labute approximate surface area is 166 Å². The molecular weight excluding hydrogens is 428 g/mol. The number of aromatic nitrogens is 1. The molecule has 0 unspecified atom stereocenters. The van der Waals surface area contributed by atoms with E-state index in [0.717, 1.165) is 23.5 Å². The number of nitrogens with zero attached hydrogens (tertiary/aromatic N) is 3. The molecule has 12 nitrogen and oxygen atoms in total. The van der Waals surface area contributed by atoms with E-state index in [2.05, 4.69) is 9.73 Å². The Morgan fingerprint density at radius 3 is 2.66 bits per heavy atom. The first-order valence-corrected chi connectivity index (χ1v) is 10.0. The summed E-state index contributed by atoms with van der Waals surface area (Å²) in [5.41, 5.74) is 0.407. The van der Waals surface area contributed by atoms with Gasteiger partial charge in [0.2, 0.25) is 15.8 Å². The van der Waals surface area contributed by atoms with Gasteiger partial charge in [0.05, 0.1) is 28.3 Å². The number of hydrogen-bond donors (Lipinski definition) is 1. The number of hydrogen-bond acceptors (Lipinski definition) is 9. The first-order chi connectivity index (χ1) is 13.6. The number of benzene rings is 1. The van der Waals surface area contributed by atoms with Crippen molar-refractivity contribution in [2.75, 3.05) is 7.11 Å². The maximum absolute atomic E-state index is 12.3. The Bertz CT molecular complexity index is 1320. The van der Waals surface area contributed by atoms with Crippen molar-refractivity contribution in [1.29, 1.82) is 0 Å². The third-order valence-electron chi connectivity index (χ3n) is 3.68. The van der Waals surface area contributed by atoms with Crippen LogP contribution in [0.4, 0.5) is 5.88 Å². The lowest BCUT2D eigenvalue weighted by Crippen LogP contribution is -2.22. The number of ether oxygens (including phenoxy) is 1. The second-order valence-corrected chi connectivity index (χ2v) is 8.10. The van der Waals surface area contributed by atoms with Gasteiger partial charge in [-0.3, -0.25) is 19.7 Å². The lowest BCUT2D eigenvalue weighted by atomic mass is 10.3. The summed E-state index contributed by atoms with van der Waals surface area (Å²) in [6.07, 6.45) is 0. The smallest absolute Gasteiger partial charge is 0.433 e. The van der Waals surface area contributed by atoms with E-state index in [1.165, 1.54) is 29.9 Å². The molecule has 0 fully saturated rings. The van der Waals surface area contributed by atoms with Crippen LogP contribution in [0, 0.1) is 10.1 Å². The fourth-order valence-electron chi connectivity index (χ4n) is 2.34. The largest absolute Gasteiger partial charge is 0.468 e. The van der Waals surface area contributed by atoms with Gasteiger partial charge in [0, 0.05) is 0 Å². The van der Waals surface area contributed by atoms with Crippen LogP contribution in [0.2, 0.25) is 0 Å². The second-order valence-electron chi connectivity index (χ2n) is 5.53. The molecule has 3 aromatic rings. The number of esters is 1. The molecule has 0 spiro atoms. The summed E-state index contributed by atoms with van der Waals surface area (Å²) in [5.74, 6) is -2.55. The number of rotatable bonds is 5. The summed E-state index contributed by atoms with van der Waals surface area (Å²) >= 11 is 0.915. The Kier molecular flexibility index (Phi) is 5.32. The summed E-state index contributed by atoms with van der Waals surface area (Å²) < 4.78 is 34.3. The van der Waals surface area contributed by atoms with Crippen molar-refractivity contribution >= 4 is 49.3 Å². The average molecular weight is 440 g/mol. The molecule has 1 amide bonds. The van der Waals surface area contributed by atoms with Crippen molar-refractivity contribution in [3.8, 4) is 0 Å². The van der Waals surface area contributed by atoms with Crippen molar-refractivity contribution in [2.45, 2.75) is 11.4 Å². The van der Waals surface area contributed by atoms with Crippen LogP contribution in [-0.2, 0) is 26.1 Å². The van der Waals surface area contributed by atoms with Crippen LogP contribution < -0.4 is 9.94 Å². The highest BCUT2D eigenvalue weighted by Crippen LogP contribution is 2.22. The molecule has 3 rings (SSSR count). The molecular formula is C15H12N4O8S2. The summed E-state index contributed by atoms with van der Waals surface area (Å²) in [6, 6.07) is 6.05. The monoisotopic (exact) mass is 440 g/mol. The van der Waals surface area contributed by atoms with Gasteiger partial charge in [0.1, 0.15) is 11.5 Å². The molecule has 2 aromatic heterocycles. The number of thiazole rings is 1. The van der Waals surface area contributed by atoms with E-state index in [4.69, 9.17) is 9.56 Å². The van der Waals surface area contributed by atoms with E-state index in [1.54, 1.807) is 0 Å². The maximum Gasteiger partial charge on any atom is 0.433 e. The molecule has 0 bridgehead atoms. The van der Waals surface area contributed by atoms with Crippen molar-refractivity contribution in [2.24, 2.45) is 10.1 Å². The molecule has 0 aliphatic heterocycles. The van der Waals surface area contributed by atoms with Crippen LogP contribution in [-0.4, -0.2) is 36.9 Å². The molecule has 29 heavy (non-hydrogen) atoms. The van der Waals surface area contributed by atoms with Gasteiger partial charge in [-0.25, -0.2) is 13.6 Å². The number of nitrogens with two attached hydrogens (primary N) is 1. The highest BCUT2D eigenvalue weighted by Gasteiger charge is 2.19. The summed E-state index contributed by atoms with van der Waals surface area (Å²) in [6.45, 7) is -0.310. The summed E-state index contributed by atoms with van der Waals surface area (Å²) in [7, 11) is -2.79. The molecule has 0 saturated carbocycles. The van der Waals surface area contributed by atoms with Crippen molar-refractivity contribution in [1.82, 2.24) is 4.57 Å². The molecule has 0 aliphatic rings. The van der Waals surface area contributed by atoms with E-state index in [-0.39, 0.29) is 22.0 Å². The van der Waals surface area contributed by atoms with Crippen LogP contribution in [0.15, 0.2) is 44.6 Å². The minimum Gasteiger partial charge on any atom is -0.468 e. The number of primary sulfonamides is 1. The molecule has 2 heterocycles. The number of fused-ring (bicyclic) bond motifs is 1. The van der Waals surface area contributed by atoms with Gasteiger partial charge < -0.3 is 13.7 Å². The number of amides is 1. The SMILES string of the molecule is COC(=O)Cn1c(=NC(=O)c2ccc([N+](=O)[O-])o2)sc2cc(S(N)(=O)=O)ccc21. The first kappa shape index (κ1) is 20.4. The van der Waals surface area contributed by atoms with Gasteiger partial charge in [-0.05, 0) is 24.3 Å². The normalized spacial score (nSPS) is 12.3. The molecule has 0 atom stereocenters. The van der Waals surface area contributed by atoms with Gasteiger partial charge in [-0.15, -0.1) is 0 Å². The zero-order chi connectivity index (χ0) is 21.3. The van der Waals surface area contributed by atoms with Crippen LogP contribution >= 0.6 is 11.3 Å². The number of furan rings is 1. The zero-order valence-electron chi connectivity index (χ0n) is 14.6. The third kappa shape index (κ3) is 4.23. The van der Waals surface area contributed by atoms with Crippen molar-refractivity contribution < 1.29 is 32.1 Å². The maximum atomic E-state index is 12.3. The average Bonchev–Trinajstić information content (AvgIpc) is 3.26. The third-order valence-corrected chi connectivity index (χ3v) is 5.63. The minimum absolute atomic E-state index is 0.0287. The summed E-state index contributed by atoms with van der Waals surface area (Å²) in [4.78, 5) is 37.7. The molecule has 152 valence electrons. The number of carbonyl (C=O) groups excluding carboxylic acids is 2. The van der Waals surface area contributed by atoms with E-state index >= 15 is 0 Å². The molecule has 14 heteroatoms. The Morgan fingerprint density at radius 1 is 1.34 bits per heavy atom. The predicted molar refractivity (Wildman–Crippen MR) is 98.5 cm³/mol. The highest BCUT2D eigenvalue weighted by atomic mass is 32.2. The van der Waals surface area contributed by atoms with E-state index < -0.39 is 32.7 Å². The van der Waals surface area contributed by atoms with E-state index in [0.29, 0.717) is 10.2 Å². The Balaban J connectivity index is 2.16. The van der Waals surface area contributed by atoms with Gasteiger partial charge in [0.25, 0.3) is 0 Å². The molecule has 1 aromatic carbocycles. The highest BCUT2D eigenvalue weighted by molar-refractivity contribution is 7.89. The first-order valence-electron chi connectivity index (χ1n) is 7.66. The van der Waals surface area contributed by atoms with Gasteiger partial charge in [-0.2, -0.15) is 4.99 Å². The van der Waals surface area contributed by atoms with Crippen LogP contribution in [0.25, 0.3) is 10.2 Å². The van der Waals surface area contributed by atoms with Gasteiger partial charge in [0.15, 0.2) is 4.80 Å². The Morgan fingerprint density at radius 2 is 2.07 bits per heavy atom. The standard InChI is InChI=1S/C15H12N4O8S2/c1-26-13(20)7-18-9-3-2-8(29(16,24)25)6-11(9)28-15(18)17-14(21)10-4-5-12(27-10)19(22)23/h2-6H,7H2,1H3,(H2,16,24,25).